The van der Waals surface area contributed by atoms with Crippen LogP contribution in [0.2, 0.25) is 0 Å². The van der Waals surface area contributed by atoms with Gasteiger partial charge in [0.1, 0.15) is 11.5 Å². The number of nitrogens with one attached hydrogen (secondary N) is 2. The molecule has 28 heavy (non-hydrogen) atoms. The summed E-state index contributed by atoms with van der Waals surface area (Å²) in [5, 5.41) is 10.8. The maximum Gasteiger partial charge on any atom is 0.219 e. The molecule has 0 bridgehead atoms. The van der Waals surface area contributed by atoms with E-state index in [1.54, 1.807) is 24.6 Å². The molecule has 6 nitrogen and oxygen atoms in total. The number of hydrogen-bond donors (Lipinski definition) is 2. The number of hydrogen-bond acceptors (Lipinski definition) is 5. The van der Waals surface area contributed by atoms with Crippen molar-refractivity contribution in [2.45, 2.75) is 20.0 Å². The SMILES string of the molecule is CCOc1ccc(Oc2cc(CNC(=NC)NCc3ccsc3)ccn2)cc1. The van der Waals surface area contributed by atoms with E-state index >= 15 is 0 Å². The Morgan fingerprint density at radius 3 is 2.46 bits per heavy atom. The lowest BCUT2D eigenvalue weighted by Gasteiger charge is -2.12. The number of nitrogens with zero attached hydrogens (tertiary/aromatic N) is 2. The highest BCUT2D eigenvalue weighted by atomic mass is 32.1. The number of aliphatic imine (C=N–C) groups is 1. The van der Waals surface area contributed by atoms with Crippen molar-refractivity contribution >= 4 is 17.3 Å². The van der Waals surface area contributed by atoms with Crippen LogP contribution in [0.15, 0.2) is 64.4 Å². The van der Waals surface area contributed by atoms with E-state index in [-0.39, 0.29) is 0 Å². The van der Waals surface area contributed by atoms with Gasteiger partial charge in [0.15, 0.2) is 5.96 Å². The molecule has 0 radical (unpaired) electrons. The summed E-state index contributed by atoms with van der Waals surface area (Å²) in [7, 11) is 1.76. The molecule has 0 aliphatic heterocycles. The van der Waals surface area contributed by atoms with Crippen LogP contribution in [0.1, 0.15) is 18.1 Å². The Morgan fingerprint density at radius 1 is 1.04 bits per heavy atom. The lowest BCUT2D eigenvalue weighted by molar-refractivity contribution is 0.339. The molecular weight excluding hydrogens is 372 g/mol. The summed E-state index contributed by atoms with van der Waals surface area (Å²) >= 11 is 1.69. The number of guanidine groups is 1. The van der Waals surface area contributed by atoms with Crippen LogP contribution in [-0.2, 0) is 13.1 Å². The van der Waals surface area contributed by atoms with Gasteiger partial charge < -0.3 is 20.1 Å². The van der Waals surface area contributed by atoms with Crippen LogP contribution in [-0.4, -0.2) is 24.6 Å². The fourth-order valence-electron chi connectivity index (χ4n) is 2.49. The second kappa shape index (κ2) is 10.3. The molecule has 0 atom stereocenters. The van der Waals surface area contributed by atoms with Crippen molar-refractivity contribution in [3.05, 3.63) is 70.5 Å². The van der Waals surface area contributed by atoms with Crippen molar-refractivity contribution in [3.8, 4) is 17.4 Å². The van der Waals surface area contributed by atoms with Gasteiger partial charge in [-0.15, -0.1) is 0 Å². The summed E-state index contributed by atoms with van der Waals surface area (Å²) in [4.78, 5) is 8.54. The van der Waals surface area contributed by atoms with E-state index in [9.17, 15) is 0 Å². The van der Waals surface area contributed by atoms with E-state index in [2.05, 4.69) is 37.4 Å². The molecule has 0 saturated carbocycles. The van der Waals surface area contributed by atoms with E-state index in [1.165, 1.54) is 5.56 Å². The Bertz CT molecular complexity index is 880. The predicted molar refractivity (Wildman–Crippen MR) is 113 cm³/mol. The normalized spacial score (nSPS) is 11.1. The molecule has 2 N–H and O–H groups in total. The predicted octanol–water partition coefficient (Wildman–Crippen LogP) is 4.20. The molecular formula is C21H24N4O2S. The summed E-state index contributed by atoms with van der Waals surface area (Å²) < 4.78 is 11.3. The Kier molecular flexibility index (Phi) is 7.26. The van der Waals surface area contributed by atoms with Gasteiger partial charge >= 0.3 is 0 Å². The van der Waals surface area contributed by atoms with Crippen molar-refractivity contribution in [3.63, 3.8) is 0 Å². The third-order valence-electron chi connectivity index (χ3n) is 3.88. The Labute approximate surface area is 169 Å². The molecule has 0 fully saturated rings. The molecule has 0 spiro atoms. The Balaban J connectivity index is 1.53. The van der Waals surface area contributed by atoms with Crippen molar-refractivity contribution < 1.29 is 9.47 Å². The van der Waals surface area contributed by atoms with Crippen molar-refractivity contribution in [2.24, 2.45) is 4.99 Å². The van der Waals surface area contributed by atoms with Gasteiger partial charge in [-0.2, -0.15) is 11.3 Å². The van der Waals surface area contributed by atoms with Crippen LogP contribution in [0, 0.1) is 0 Å². The first-order valence-electron chi connectivity index (χ1n) is 9.08. The second-order valence-electron chi connectivity index (χ2n) is 5.92. The van der Waals surface area contributed by atoms with Gasteiger partial charge in [0, 0.05) is 32.4 Å². The number of ether oxygens (including phenoxy) is 2. The highest BCUT2D eigenvalue weighted by Gasteiger charge is 2.03. The monoisotopic (exact) mass is 396 g/mol. The zero-order valence-corrected chi connectivity index (χ0v) is 16.8. The zero-order valence-electron chi connectivity index (χ0n) is 16.0. The molecule has 0 saturated heterocycles. The second-order valence-corrected chi connectivity index (χ2v) is 6.70. The number of benzene rings is 1. The van der Waals surface area contributed by atoms with Crippen LogP contribution in [0.25, 0.3) is 0 Å². The van der Waals surface area contributed by atoms with Gasteiger partial charge in [-0.1, -0.05) is 0 Å². The molecule has 2 heterocycles. The highest BCUT2D eigenvalue weighted by molar-refractivity contribution is 7.07. The fraction of sp³-hybridized carbons (Fsp3) is 0.238. The summed E-state index contributed by atoms with van der Waals surface area (Å²) in [6.07, 6.45) is 1.74. The average Bonchev–Trinajstić information content (AvgIpc) is 3.24. The molecule has 1 aromatic carbocycles. The van der Waals surface area contributed by atoms with E-state index in [4.69, 9.17) is 9.47 Å². The molecule has 3 rings (SSSR count). The van der Waals surface area contributed by atoms with E-state index in [0.29, 0.717) is 24.8 Å². The van der Waals surface area contributed by atoms with E-state index in [1.807, 2.05) is 43.3 Å². The number of pyridine rings is 1. The Hall–Kier alpha value is -3.06. The Morgan fingerprint density at radius 2 is 1.79 bits per heavy atom. The zero-order chi connectivity index (χ0) is 19.6. The van der Waals surface area contributed by atoms with Gasteiger partial charge in [0.05, 0.1) is 6.61 Å². The third kappa shape index (κ3) is 5.99. The molecule has 0 aliphatic carbocycles. The van der Waals surface area contributed by atoms with Gasteiger partial charge in [0.25, 0.3) is 0 Å². The summed E-state index contributed by atoms with van der Waals surface area (Å²) in [5.41, 5.74) is 2.29. The van der Waals surface area contributed by atoms with E-state index in [0.717, 1.165) is 23.8 Å². The first-order valence-corrected chi connectivity index (χ1v) is 10.0. The maximum absolute atomic E-state index is 5.84. The number of thiophene rings is 1. The van der Waals surface area contributed by atoms with Gasteiger partial charge in [-0.05, 0) is 65.2 Å². The fourth-order valence-corrected chi connectivity index (χ4v) is 3.16. The van der Waals surface area contributed by atoms with Gasteiger partial charge in [-0.3, -0.25) is 4.99 Å². The maximum atomic E-state index is 5.84. The molecule has 0 unspecified atom stereocenters. The first-order chi connectivity index (χ1) is 13.8. The molecule has 7 heteroatoms. The van der Waals surface area contributed by atoms with Crippen molar-refractivity contribution in [1.29, 1.82) is 0 Å². The summed E-state index contributed by atoms with van der Waals surface area (Å²) in [6.45, 7) is 3.96. The first kappa shape index (κ1) is 19.7. The molecule has 0 aliphatic rings. The highest BCUT2D eigenvalue weighted by Crippen LogP contribution is 2.23. The lowest BCUT2D eigenvalue weighted by Crippen LogP contribution is -2.36. The number of rotatable bonds is 8. The quantitative estimate of drug-likeness (QED) is 0.441. The summed E-state index contributed by atoms with van der Waals surface area (Å²) in [5.74, 6) is 2.83. The summed E-state index contributed by atoms with van der Waals surface area (Å²) in [6, 6.07) is 13.5. The van der Waals surface area contributed by atoms with E-state index < -0.39 is 0 Å². The smallest absolute Gasteiger partial charge is 0.219 e. The number of aromatic nitrogens is 1. The third-order valence-corrected chi connectivity index (χ3v) is 4.61. The minimum Gasteiger partial charge on any atom is -0.494 e. The van der Waals surface area contributed by atoms with Gasteiger partial charge in [0.2, 0.25) is 5.88 Å². The van der Waals surface area contributed by atoms with Crippen molar-refractivity contribution in [2.75, 3.05) is 13.7 Å². The largest absolute Gasteiger partial charge is 0.494 e. The van der Waals surface area contributed by atoms with Crippen LogP contribution in [0.3, 0.4) is 0 Å². The lowest BCUT2D eigenvalue weighted by atomic mass is 10.2. The molecule has 2 aromatic heterocycles. The topological polar surface area (TPSA) is 67.8 Å². The molecule has 0 amide bonds. The minimum absolute atomic E-state index is 0.546. The molecule has 3 aromatic rings. The standard InChI is InChI=1S/C21H24N4O2S/c1-3-26-18-4-6-19(7-5-18)27-20-12-16(8-10-23-20)13-24-21(22-2)25-14-17-9-11-28-15-17/h4-12,15H,3,13-14H2,1-2H3,(H2,22,24,25). The van der Waals surface area contributed by atoms with Crippen LogP contribution < -0.4 is 20.1 Å². The van der Waals surface area contributed by atoms with Crippen LogP contribution >= 0.6 is 11.3 Å². The van der Waals surface area contributed by atoms with Gasteiger partial charge in [-0.25, -0.2) is 4.98 Å². The van der Waals surface area contributed by atoms with Crippen LogP contribution in [0.5, 0.6) is 17.4 Å². The van der Waals surface area contributed by atoms with Crippen LogP contribution in [0.4, 0.5) is 0 Å². The average molecular weight is 397 g/mol. The van der Waals surface area contributed by atoms with Crippen molar-refractivity contribution in [1.82, 2.24) is 15.6 Å². The minimum atomic E-state index is 0.546. The molecule has 146 valence electrons.